The molecule has 0 bridgehead atoms. The SMILES string of the molecule is CC(C)Oc1ccc(C(=O)OCC(=O)N(C)CC(=O)Nc2ccccc2Cl)cc1. The average Bonchev–Trinajstić information content (AvgIpc) is 2.67. The highest BCUT2D eigenvalue weighted by atomic mass is 35.5. The van der Waals surface area contributed by atoms with Crippen molar-refractivity contribution in [1.29, 1.82) is 0 Å². The Hall–Kier alpha value is -3.06. The van der Waals surface area contributed by atoms with E-state index in [0.717, 1.165) is 0 Å². The minimum atomic E-state index is -0.636. The van der Waals surface area contributed by atoms with Crippen LogP contribution in [-0.2, 0) is 14.3 Å². The fourth-order valence-electron chi connectivity index (χ4n) is 2.32. The Morgan fingerprint density at radius 1 is 1.07 bits per heavy atom. The molecule has 7 nitrogen and oxygen atoms in total. The number of hydrogen-bond donors (Lipinski definition) is 1. The summed E-state index contributed by atoms with van der Waals surface area (Å²) in [5.74, 6) is -0.923. The van der Waals surface area contributed by atoms with Crippen LogP contribution in [0.4, 0.5) is 5.69 Å². The third-order valence-corrected chi connectivity index (χ3v) is 4.07. The summed E-state index contributed by atoms with van der Waals surface area (Å²) in [6.07, 6.45) is 0.0241. The van der Waals surface area contributed by atoms with Crippen LogP contribution < -0.4 is 10.1 Å². The maximum Gasteiger partial charge on any atom is 0.338 e. The number of ether oxygens (including phenoxy) is 2. The molecule has 0 unspecified atom stereocenters. The lowest BCUT2D eigenvalue weighted by atomic mass is 10.2. The summed E-state index contributed by atoms with van der Waals surface area (Å²) in [7, 11) is 1.44. The van der Waals surface area contributed by atoms with Crippen LogP contribution in [0.3, 0.4) is 0 Å². The van der Waals surface area contributed by atoms with E-state index in [4.69, 9.17) is 21.1 Å². The lowest BCUT2D eigenvalue weighted by Crippen LogP contribution is -2.37. The molecular formula is C21H23ClN2O5. The third kappa shape index (κ3) is 7.12. The van der Waals surface area contributed by atoms with E-state index < -0.39 is 24.4 Å². The first-order valence-electron chi connectivity index (χ1n) is 8.98. The van der Waals surface area contributed by atoms with Crippen LogP contribution in [0.25, 0.3) is 0 Å². The van der Waals surface area contributed by atoms with Crippen molar-refractivity contribution in [3.05, 3.63) is 59.1 Å². The highest BCUT2D eigenvalue weighted by molar-refractivity contribution is 6.33. The Balaban J connectivity index is 1.81. The summed E-state index contributed by atoms with van der Waals surface area (Å²) in [5, 5.41) is 3.02. The first kappa shape index (κ1) is 22.2. The molecule has 1 N–H and O–H groups in total. The van der Waals surface area contributed by atoms with Gasteiger partial charge in [-0.25, -0.2) is 4.79 Å². The molecule has 154 valence electrons. The zero-order valence-electron chi connectivity index (χ0n) is 16.5. The number of likely N-dealkylation sites (N-methyl/N-ethyl adjacent to an activating group) is 1. The van der Waals surface area contributed by atoms with Gasteiger partial charge in [-0.15, -0.1) is 0 Å². The topological polar surface area (TPSA) is 84.9 Å². The molecule has 2 aromatic rings. The van der Waals surface area contributed by atoms with Crippen molar-refractivity contribution in [2.75, 3.05) is 25.5 Å². The molecule has 0 atom stereocenters. The molecule has 29 heavy (non-hydrogen) atoms. The first-order chi connectivity index (χ1) is 13.8. The van der Waals surface area contributed by atoms with Crippen LogP contribution in [0, 0.1) is 0 Å². The lowest BCUT2D eigenvalue weighted by Gasteiger charge is -2.17. The molecule has 0 radical (unpaired) electrons. The zero-order chi connectivity index (χ0) is 21.4. The highest BCUT2D eigenvalue weighted by Crippen LogP contribution is 2.20. The van der Waals surface area contributed by atoms with Crippen LogP contribution in [0.1, 0.15) is 24.2 Å². The number of hydrogen-bond acceptors (Lipinski definition) is 5. The minimum absolute atomic E-state index is 0.0241. The molecule has 2 amide bonds. The maximum absolute atomic E-state index is 12.1. The molecule has 0 heterocycles. The van der Waals surface area contributed by atoms with Gasteiger partial charge in [-0.05, 0) is 50.2 Å². The quantitative estimate of drug-likeness (QED) is 0.664. The van der Waals surface area contributed by atoms with E-state index in [-0.39, 0.29) is 12.6 Å². The molecular weight excluding hydrogens is 396 g/mol. The van der Waals surface area contributed by atoms with Gasteiger partial charge in [-0.3, -0.25) is 9.59 Å². The van der Waals surface area contributed by atoms with Crippen molar-refractivity contribution >= 4 is 35.1 Å². The van der Waals surface area contributed by atoms with Gasteiger partial charge in [-0.2, -0.15) is 0 Å². The molecule has 2 aromatic carbocycles. The number of para-hydroxylation sites is 1. The van der Waals surface area contributed by atoms with Gasteiger partial charge in [0.05, 0.1) is 28.9 Å². The average molecular weight is 419 g/mol. The number of carbonyl (C=O) groups excluding carboxylic acids is 3. The molecule has 2 rings (SSSR count). The lowest BCUT2D eigenvalue weighted by molar-refractivity contribution is -0.136. The smallest absolute Gasteiger partial charge is 0.338 e. The number of halogens is 1. The Morgan fingerprint density at radius 2 is 1.72 bits per heavy atom. The van der Waals surface area contributed by atoms with E-state index in [1.54, 1.807) is 48.5 Å². The molecule has 0 fully saturated rings. The summed E-state index contributed by atoms with van der Waals surface area (Å²) >= 11 is 5.98. The Morgan fingerprint density at radius 3 is 2.34 bits per heavy atom. The van der Waals surface area contributed by atoms with Gasteiger partial charge in [0.1, 0.15) is 5.75 Å². The summed E-state index contributed by atoms with van der Waals surface area (Å²) in [5.41, 5.74) is 0.754. The summed E-state index contributed by atoms with van der Waals surface area (Å²) in [4.78, 5) is 37.4. The monoisotopic (exact) mass is 418 g/mol. The normalized spacial score (nSPS) is 10.4. The summed E-state index contributed by atoms with van der Waals surface area (Å²) in [6, 6.07) is 13.2. The number of anilines is 1. The summed E-state index contributed by atoms with van der Waals surface area (Å²) in [6.45, 7) is 3.12. The van der Waals surface area contributed by atoms with Gasteiger partial charge in [0.15, 0.2) is 6.61 Å². The standard InChI is InChI=1S/C21H23ClN2O5/c1-14(2)29-16-10-8-15(9-11-16)21(27)28-13-20(26)24(3)12-19(25)23-18-7-5-4-6-17(18)22/h4-11,14H,12-13H2,1-3H3,(H,23,25). The van der Waals surface area contributed by atoms with Crippen molar-refractivity contribution in [1.82, 2.24) is 4.90 Å². The number of benzene rings is 2. The number of nitrogens with zero attached hydrogens (tertiary/aromatic N) is 1. The van der Waals surface area contributed by atoms with Gasteiger partial charge in [0.2, 0.25) is 5.91 Å². The molecule has 8 heteroatoms. The van der Waals surface area contributed by atoms with Crippen molar-refractivity contribution in [3.8, 4) is 5.75 Å². The van der Waals surface area contributed by atoms with Crippen molar-refractivity contribution in [2.45, 2.75) is 20.0 Å². The van der Waals surface area contributed by atoms with Crippen molar-refractivity contribution in [2.24, 2.45) is 0 Å². The number of rotatable bonds is 8. The second-order valence-electron chi connectivity index (χ2n) is 6.54. The van der Waals surface area contributed by atoms with Gasteiger partial charge in [0.25, 0.3) is 5.91 Å². The van der Waals surface area contributed by atoms with Crippen LogP contribution in [0.5, 0.6) is 5.75 Å². The Labute approximate surface area is 174 Å². The maximum atomic E-state index is 12.1. The van der Waals surface area contributed by atoms with E-state index in [9.17, 15) is 14.4 Å². The number of amides is 2. The molecule has 0 aromatic heterocycles. The van der Waals surface area contributed by atoms with Crippen LogP contribution in [0.2, 0.25) is 5.02 Å². The Kier molecular flexibility index (Phi) is 8.03. The minimum Gasteiger partial charge on any atom is -0.491 e. The molecule has 0 aliphatic rings. The second kappa shape index (κ2) is 10.5. The predicted molar refractivity (Wildman–Crippen MR) is 110 cm³/mol. The van der Waals surface area contributed by atoms with Crippen LogP contribution >= 0.6 is 11.6 Å². The van der Waals surface area contributed by atoms with Gasteiger partial charge < -0.3 is 19.7 Å². The largest absolute Gasteiger partial charge is 0.491 e. The van der Waals surface area contributed by atoms with E-state index >= 15 is 0 Å². The molecule has 0 saturated heterocycles. The number of carbonyl (C=O) groups is 3. The van der Waals surface area contributed by atoms with E-state index in [1.807, 2.05) is 13.8 Å². The third-order valence-electron chi connectivity index (χ3n) is 3.74. The fourth-order valence-corrected chi connectivity index (χ4v) is 2.50. The zero-order valence-corrected chi connectivity index (χ0v) is 17.2. The van der Waals surface area contributed by atoms with Crippen LogP contribution in [-0.4, -0.2) is 49.0 Å². The summed E-state index contributed by atoms with van der Waals surface area (Å²) < 4.78 is 10.5. The van der Waals surface area contributed by atoms with Gasteiger partial charge in [-0.1, -0.05) is 23.7 Å². The predicted octanol–water partition coefficient (Wildman–Crippen LogP) is 3.38. The van der Waals surface area contributed by atoms with Gasteiger partial charge in [0, 0.05) is 7.05 Å². The molecule has 0 saturated carbocycles. The fraction of sp³-hybridized carbons (Fsp3) is 0.286. The van der Waals surface area contributed by atoms with Gasteiger partial charge >= 0.3 is 5.97 Å². The molecule has 0 aliphatic heterocycles. The second-order valence-corrected chi connectivity index (χ2v) is 6.95. The van der Waals surface area contributed by atoms with Crippen molar-refractivity contribution < 1.29 is 23.9 Å². The number of nitrogens with one attached hydrogen (secondary N) is 1. The Bertz CT molecular complexity index is 868. The van der Waals surface area contributed by atoms with E-state index in [0.29, 0.717) is 22.0 Å². The van der Waals surface area contributed by atoms with E-state index in [1.165, 1.54) is 11.9 Å². The van der Waals surface area contributed by atoms with Crippen molar-refractivity contribution in [3.63, 3.8) is 0 Å². The van der Waals surface area contributed by atoms with E-state index in [2.05, 4.69) is 5.32 Å². The molecule has 0 spiro atoms. The molecule has 0 aliphatic carbocycles. The first-order valence-corrected chi connectivity index (χ1v) is 9.36. The number of esters is 1. The highest BCUT2D eigenvalue weighted by Gasteiger charge is 2.16. The van der Waals surface area contributed by atoms with Crippen LogP contribution in [0.15, 0.2) is 48.5 Å².